The predicted molar refractivity (Wildman–Crippen MR) is 71.3 cm³/mol. The topological polar surface area (TPSA) is 84.2 Å². The molecule has 0 bridgehead atoms. The highest BCUT2D eigenvalue weighted by Crippen LogP contribution is 2.20. The first-order valence-electron chi connectivity index (χ1n) is 5.84. The van der Waals surface area contributed by atoms with E-state index in [0.717, 1.165) is 6.07 Å². The third-order valence-corrected chi connectivity index (χ3v) is 4.18. The second-order valence-corrected chi connectivity index (χ2v) is 5.88. The molecule has 1 aromatic carbocycles. The van der Waals surface area contributed by atoms with E-state index < -0.39 is 15.8 Å². The van der Waals surface area contributed by atoms with Gasteiger partial charge in [0.25, 0.3) is 10.0 Å². The van der Waals surface area contributed by atoms with Gasteiger partial charge in [-0.05, 0) is 24.6 Å². The minimum Gasteiger partial charge on any atom is -0.394 e. The largest absolute Gasteiger partial charge is 0.394 e. The Morgan fingerprint density at radius 3 is 2.90 bits per heavy atom. The van der Waals surface area contributed by atoms with Gasteiger partial charge in [-0.15, -0.1) is 0 Å². The quantitative estimate of drug-likeness (QED) is 0.866. The van der Waals surface area contributed by atoms with Crippen LogP contribution in [0.15, 0.2) is 35.5 Å². The van der Waals surface area contributed by atoms with Crippen molar-refractivity contribution in [3.8, 4) is 0 Å². The number of benzene rings is 1. The summed E-state index contributed by atoms with van der Waals surface area (Å²) < 4.78 is 41.3. The summed E-state index contributed by atoms with van der Waals surface area (Å²) in [6.45, 7) is 1.75. The Morgan fingerprint density at radius 1 is 1.45 bits per heavy atom. The van der Waals surface area contributed by atoms with E-state index >= 15 is 0 Å². The third-order valence-electron chi connectivity index (χ3n) is 2.65. The lowest BCUT2D eigenvalue weighted by Gasteiger charge is -2.08. The zero-order valence-electron chi connectivity index (χ0n) is 10.7. The van der Waals surface area contributed by atoms with E-state index in [9.17, 15) is 12.8 Å². The van der Waals surface area contributed by atoms with Crippen LogP contribution in [0, 0.1) is 12.7 Å². The van der Waals surface area contributed by atoms with E-state index in [-0.39, 0.29) is 23.7 Å². The van der Waals surface area contributed by atoms with Gasteiger partial charge in [-0.2, -0.15) is 5.10 Å². The van der Waals surface area contributed by atoms with Gasteiger partial charge < -0.3 is 5.11 Å². The van der Waals surface area contributed by atoms with Crippen LogP contribution in [-0.2, 0) is 16.6 Å². The van der Waals surface area contributed by atoms with Crippen molar-refractivity contribution < 1.29 is 17.9 Å². The molecule has 0 aliphatic rings. The van der Waals surface area contributed by atoms with Gasteiger partial charge >= 0.3 is 0 Å². The van der Waals surface area contributed by atoms with Gasteiger partial charge in [0, 0.05) is 6.20 Å². The Labute approximate surface area is 115 Å². The fourth-order valence-corrected chi connectivity index (χ4v) is 3.00. The minimum absolute atomic E-state index is 0.100. The van der Waals surface area contributed by atoms with Crippen LogP contribution in [0.25, 0.3) is 0 Å². The van der Waals surface area contributed by atoms with E-state index in [1.807, 2.05) is 0 Å². The van der Waals surface area contributed by atoms with E-state index in [4.69, 9.17) is 5.11 Å². The molecule has 0 spiro atoms. The zero-order chi connectivity index (χ0) is 14.8. The Balaban J connectivity index is 2.28. The zero-order valence-corrected chi connectivity index (χ0v) is 11.6. The maximum Gasteiger partial charge on any atom is 0.262 e. The van der Waals surface area contributed by atoms with E-state index in [0.29, 0.717) is 5.56 Å². The van der Waals surface area contributed by atoms with Gasteiger partial charge in [0.05, 0.1) is 29.9 Å². The standard InChI is InChI=1S/C12H14FN3O3S/c1-9-2-3-10(13)6-12(9)20(18,19)15-11-7-14-16(8-11)4-5-17/h2-3,6-8,15,17H,4-5H2,1H3. The summed E-state index contributed by atoms with van der Waals surface area (Å²) in [6, 6.07) is 3.57. The first-order chi connectivity index (χ1) is 9.42. The van der Waals surface area contributed by atoms with Gasteiger partial charge in [0.1, 0.15) is 5.82 Å². The molecule has 0 saturated carbocycles. The molecule has 0 aliphatic carbocycles. The SMILES string of the molecule is Cc1ccc(F)cc1S(=O)(=O)Nc1cnn(CCO)c1. The molecule has 2 N–H and O–H groups in total. The van der Waals surface area contributed by atoms with Crippen molar-refractivity contribution >= 4 is 15.7 Å². The summed E-state index contributed by atoms with van der Waals surface area (Å²) in [4.78, 5) is -0.118. The van der Waals surface area contributed by atoms with Crippen molar-refractivity contribution in [1.29, 1.82) is 0 Å². The summed E-state index contributed by atoms with van der Waals surface area (Å²) in [5, 5.41) is 12.6. The van der Waals surface area contributed by atoms with E-state index in [1.165, 1.54) is 29.2 Å². The second kappa shape index (κ2) is 5.59. The monoisotopic (exact) mass is 299 g/mol. The van der Waals surface area contributed by atoms with Gasteiger partial charge in [0.15, 0.2) is 0 Å². The van der Waals surface area contributed by atoms with Gasteiger partial charge in [-0.25, -0.2) is 12.8 Å². The number of aryl methyl sites for hydroxylation is 1. The number of anilines is 1. The number of hydrogen-bond donors (Lipinski definition) is 2. The number of aromatic nitrogens is 2. The van der Waals surface area contributed by atoms with Crippen molar-refractivity contribution in [2.24, 2.45) is 0 Å². The molecule has 2 aromatic rings. The van der Waals surface area contributed by atoms with Crippen LogP contribution in [0.5, 0.6) is 0 Å². The van der Waals surface area contributed by atoms with Crippen LogP contribution in [0.3, 0.4) is 0 Å². The number of hydrogen-bond acceptors (Lipinski definition) is 4. The highest BCUT2D eigenvalue weighted by molar-refractivity contribution is 7.92. The molecule has 1 heterocycles. The molecular formula is C12H14FN3O3S. The number of aliphatic hydroxyl groups is 1. The van der Waals surface area contributed by atoms with Crippen LogP contribution in [-0.4, -0.2) is 29.9 Å². The summed E-state index contributed by atoms with van der Waals surface area (Å²) in [5.74, 6) is -0.619. The van der Waals surface area contributed by atoms with Crippen LogP contribution in [0.2, 0.25) is 0 Å². The molecule has 0 unspecified atom stereocenters. The third kappa shape index (κ3) is 3.14. The molecule has 6 nitrogen and oxygen atoms in total. The first-order valence-corrected chi connectivity index (χ1v) is 7.33. The molecule has 0 amide bonds. The van der Waals surface area contributed by atoms with Gasteiger partial charge in [-0.1, -0.05) is 6.07 Å². The lowest BCUT2D eigenvalue weighted by Crippen LogP contribution is -2.14. The first kappa shape index (κ1) is 14.5. The molecule has 20 heavy (non-hydrogen) atoms. The Bertz CT molecular complexity index is 712. The van der Waals surface area contributed by atoms with Crippen molar-refractivity contribution in [2.75, 3.05) is 11.3 Å². The molecule has 0 radical (unpaired) electrons. The highest BCUT2D eigenvalue weighted by atomic mass is 32.2. The molecule has 2 rings (SSSR count). The van der Waals surface area contributed by atoms with Crippen molar-refractivity contribution in [3.05, 3.63) is 42.0 Å². The van der Waals surface area contributed by atoms with Crippen molar-refractivity contribution in [2.45, 2.75) is 18.4 Å². The van der Waals surface area contributed by atoms with Crippen LogP contribution in [0.4, 0.5) is 10.1 Å². The van der Waals surface area contributed by atoms with Crippen molar-refractivity contribution in [3.63, 3.8) is 0 Å². The maximum atomic E-state index is 13.2. The molecule has 0 saturated heterocycles. The number of aliphatic hydroxyl groups excluding tert-OH is 1. The average Bonchev–Trinajstić information content (AvgIpc) is 2.79. The maximum absolute atomic E-state index is 13.2. The van der Waals surface area contributed by atoms with Gasteiger partial charge in [0.2, 0.25) is 0 Å². The lowest BCUT2D eigenvalue weighted by molar-refractivity contribution is 0.269. The molecular weight excluding hydrogens is 285 g/mol. The fourth-order valence-electron chi connectivity index (χ4n) is 1.71. The van der Waals surface area contributed by atoms with Crippen LogP contribution < -0.4 is 4.72 Å². The van der Waals surface area contributed by atoms with Gasteiger partial charge in [-0.3, -0.25) is 9.40 Å². The molecule has 0 atom stereocenters. The number of nitrogens with one attached hydrogen (secondary N) is 1. The van der Waals surface area contributed by atoms with Crippen LogP contribution in [0.1, 0.15) is 5.56 Å². The van der Waals surface area contributed by atoms with Crippen molar-refractivity contribution in [1.82, 2.24) is 9.78 Å². The minimum atomic E-state index is -3.87. The van der Waals surface area contributed by atoms with E-state index in [1.54, 1.807) is 6.92 Å². The lowest BCUT2D eigenvalue weighted by atomic mass is 10.2. The smallest absolute Gasteiger partial charge is 0.262 e. The summed E-state index contributed by atoms with van der Waals surface area (Å²) in [6.07, 6.45) is 2.77. The number of sulfonamides is 1. The number of nitrogens with zero attached hydrogens (tertiary/aromatic N) is 2. The molecule has 0 aliphatic heterocycles. The van der Waals surface area contributed by atoms with Crippen LogP contribution >= 0.6 is 0 Å². The van der Waals surface area contributed by atoms with E-state index in [2.05, 4.69) is 9.82 Å². The summed E-state index contributed by atoms with van der Waals surface area (Å²) in [5.41, 5.74) is 0.698. The summed E-state index contributed by atoms with van der Waals surface area (Å²) >= 11 is 0. The summed E-state index contributed by atoms with van der Waals surface area (Å²) in [7, 11) is -3.87. The molecule has 108 valence electrons. The fraction of sp³-hybridized carbons (Fsp3) is 0.250. The Morgan fingerprint density at radius 2 is 2.20 bits per heavy atom. The highest BCUT2D eigenvalue weighted by Gasteiger charge is 2.18. The Kier molecular flexibility index (Phi) is 4.05. The molecule has 1 aromatic heterocycles. The molecule has 0 fully saturated rings. The average molecular weight is 299 g/mol. The molecule has 8 heteroatoms. The number of rotatable bonds is 5. The predicted octanol–water partition coefficient (Wildman–Crippen LogP) is 1.12. The Hall–Kier alpha value is -1.93. The second-order valence-electron chi connectivity index (χ2n) is 4.23. The normalized spacial score (nSPS) is 11.6. The number of halogens is 1.